The second-order valence-electron chi connectivity index (χ2n) is 3.97. The molecule has 0 saturated heterocycles. The number of carboxylic acid groups (broad SMARTS) is 1. The Kier molecular flexibility index (Phi) is 5.24. The highest BCUT2D eigenvalue weighted by molar-refractivity contribution is 5.71. The van der Waals surface area contributed by atoms with E-state index in [1.54, 1.807) is 25.3 Å². The number of hydrogen-bond donors (Lipinski definition) is 1. The summed E-state index contributed by atoms with van der Waals surface area (Å²) < 4.78 is 10.7. The third-order valence-corrected chi connectivity index (χ3v) is 2.56. The zero-order valence-electron chi connectivity index (χ0n) is 10.9. The zero-order chi connectivity index (χ0) is 13.5. The molecule has 0 aliphatic heterocycles. The summed E-state index contributed by atoms with van der Waals surface area (Å²) in [6.07, 6.45) is 1.89. The molecule has 0 unspecified atom stereocenters. The van der Waals surface area contributed by atoms with Gasteiger partial charge in [-0.1, -0.05) is 12.1 Å². The molecule has 1 aromatic carbocycles. The zero-order valence-corrected chi connectivity index (χ0v) is 10.9. The largest absolute Gasteiger partial charge is 0.497 e. The molecule has 0 radical (unpaired) electrons. The molecule has 4 heteroatoms. The van der Waals surface area contributed by atoms with Gasteiger partial charge in [-0.3, -0.25) is 4.79 Å². The van der Waals surface area contributed by atoms with Gasteiger partial charge in [-0.25, -0.2) is 0 Å². The highest BCUT2D eigenvalue weighted by Crippen LogP contribution is 2.25. The van der Waals surface area contributed by atoms with Crippen molar-refractivity contribution in [3.8, 4) is 11.5 Å². The Labute approximate surface area is 107 Å². The molecule has 0 aliphatic rings. The number of allylic oxidation sites excluding steroid dienone is 1. The Hall–Kier alpha value is -1.97. The minimum atomic E-state index is -0.882. The Balaban J connectivity index is 2.92. The summed E-state index contributed by atoms with van der Waals surface area (Å²) in [5.74, 6) is 0.322. The average Bonchev–Trinajstić information content (AvgIpc) is 2.36. The molecule has 0 aliphatic carbocycles. The molecule has 0 amide bonds. The van der Waals surface area contributed by atoms with E-state index in [1.165, 1.54) is 0 Å². The minimum absolute atomic E-state index is 0.0613. The summed E-state index contributed by atoms with van der Waals surface area (Å²) in [5.41, 5.74) is 1.73. The van der Waals surface area contributed by atoms with Gasteiger partial charge < -0.3 is 14.6 Å². The normalized spacial score (nSPS) is 11.2. The molecule has 1 N–H and O–H groups in total. The van der Waals surface area contributed by atoms with E-state index in [9.17, 15) is 4.79 Å². The molecule has 0 saturated carbocycles. The van der Waals surface area contributed by atoms with Crippen LogP contribution in [0.1, 0.15) is 19.4 Å². The average molecular weight is 250 g/mol. The molecule has 0 bridgehead atoms. The van der Waals surface area contributed by atoms with Gasteiger partial charge in [0.2, 0.25) is 0 Å². The van der Waals surface area contributed by atoms with Crippen molar-refractivity contribution < 1.29 is 19.4 Å². The van der Waals surface area contributed by atoms with Gasteiger partial charge in [0.05, 0.1) is 13.5 Å². The van der Waals surface area contributed by atoms with Gasteiger partial charge in [0.25, 0.3) is 0 Å². The van der Waals surface area contributed by atoms with E-state index < -0.39 is 5.97 Å². The summed E-state index contributed by atoms with van der Waals surface area (Å²) in [5, 5.41) is 8.84. The SMILES string of the molecule is C/C=C(\C)COc1cc(OC)ccc1CC(=O)O. The Morgan fingerprint density at radius 1 is 1.44 bits per heavy atom. The monoisotopic (exact) mass is 250 g/mol. The predicted octanol–water partition coefficient (Wildman–Crippen LogP) is 2.67. The molecule has 18 heavy (non-hydrogen) atoms. The molecule has 0 aromatic heterocycles. The van der Waals surface area contributed by atoms with Gasteiger partial charge in [-0.15, -0.1) is 0 Å². The number of hydrogen-bond acceptors (Lipinski definition) is 3. The lowest BCUT2D eigenvalue weighted by molar-refractivity contribution is -0.136. The van der Waals surface area contributed by atoms with Crippen LogP contribution in [0, 0.1) is 0 Å². The lowest BCUT2D eigenvalue weighted by atomic mass is 10.1. The van der Waals surface area contributed by atoms with Crippen LogP contribution in [0.5, 0.6) is 11.5 Å². The van der Waals surface area contributed by atoms with Gasteiger partial charge in [0, 0.05) is 11.6 Å². The van der Waals surface area contributed by atoms with E-state index in [-0.39, 0.29) is 6.42 Å². The van der Waals surface area contributed by atoms with Gasteiger partial charge in [-0.2, -0.15) is 0 Å². The van der Waals surface area contributed by atoms with Crippen LogP contribution < -0.4 is 9.47 Å². The topological polar surface area (TPSA) is 55.8 Å². The van der Waals surface area contributed by atoms with Crippen LogP contribution >= 0.6 is 0 Å². The molecule has 0 fully saturated rings. The Morgan fingerprint density at radius 3 is 2.72 bits per heavy atom. The molecule has 0 spiro atoms. The van der Waals surface area contributed by atoms with Gasteiger partial charge >= 0.3 is 5.97 Å². The fourth-order valence-electron chi connectivity index (χ4n) is 1.38. The van der Waals surface area contributed by atoms with Crippen LogP contribution in [-0.2, 0) is 11.2 Å². The van der Waals surface area contributed by atoms with Crippen LogP contribution in [0.2, 0.25) is 0 Å². The molecule has 0 atom stereocenters. The Morgan fingerprint density at radius 2 is 2.17 bits per heavy atom. The summed E-state index contributed by atoms with van der Waals surface area (Å²) in [6, 6.07) is 5.15. The maximum absolute atomic E-state index is 10.8. The van der Waals surface area contributed by atoms with E-state index in [0.717, 1.165) is 5.57 Å². The number of methoxy groups -OCH3 is 1. The number of rotatable bonds is 6. The van der Waals surface area contributed by atoms with Crippen molar-refractivity contribution in [3.05, 3.63) is 35.4 Å². The van der Waals surface area contributed by atoms with Gasteiger partial charge in [0.1, 0.15) is 18.1 Å². The molecule has 98 valence electrons. The molecule has 4 nitrogen and oxygen atoms in total. The van der Waals surface area contributed by atoms with Crippen LogP contribution in [0.4, 0.5) is 0 Å². The van der Waals surface area contributed by atoms with E-state index in [0.29, 0.717) is 23.7 Å². The maximum atomic E-state index is 10.8. The van der Waals surface area contributed by atoms with Gasteiger partial charge in [-0.05, 0) is 25.5 Å². The first-order valence-corrected chi connectivity index (χ1v) is 5.70. The van der Waals surface area contributed by atoms with Crippen molar-refractivity contribution in [3.63, 3.8) is 0 Å². The van der Waals surface area contributed by atoms with Crippen LogP contribution in [0.3, 0.4) is 0 Å². The van der Waals surface area contributed by atoms with E-state index >= 15 is 0 Å². The van der Waals surface area contributed by atoms with E-state index in [1.807, 2.05) is 19.9 Å². The molecule has 1 aromatic rings. The summed E-state index contributed by atoms with van der Waals surface area (Å²) >= 11 is 0. The fraction of sp³-hybridized carbons (Fsp3) is 0.357. The number of carbonyl (C=O) groups is 1. The second-order valence-corrected chi connectivity index (χ2v) is 3.97. The lowest BCUT2D eigenvalue weighted by Crippen LogP contribution is -2.06. The van der Waals surface area contributed by atoms with Crippen LogP contribution in [-0.4, -0.2) is 24.8 Å². The molecule has 0 heterocycles. The van der Waals surface area contributed by atoms with Crippen LogP contribution in [0.15, 0.2) is 29.8 Å². The third-order valence-electron chi connectivity index (χ3n) is 2.56. The minimum Gasteiger partial charge on any atom is -0.497 e. The van der Waals surface area contributed by atoms with E-state index in [4.69, 9.17) is 14.6 Å². The highest BCUT2D eigenvalue weighted by atomic mass is 16.5. The van der Waals surface area contributed by atoms with Crippen molar-refractivity contribution in [2.75, 3.05) is 13.7 Å². The summed E-state index contributed by atoms with van der Waals surface area (Å²) in [4.78, 5) is 10.8. The first kappa shape index (κ1) is 14.1. The second kappa shape index (κ2) is 6.69. The molecule has 1 rings (SSSR count). The number of carboxylic acids is 1. The Bertz CT molecular complexity index is 449. The van der Waals surface area contributed by atoms with Crippen LogP contribution in [0.25, 0.3) is 0 Å². The number of ether oxygens (including phenoxy) is 2. The number of benzene rings is 1. The van der Waals surface area contributed by atoms with Crippen molar-refractivity contribution in [1.82, 2.24) is 0 Å². The highest BCUT2D eigenvalue weighted by Gasteiger charge is 2.09. The standard InChI is InChI=1S/C14H18O4/c1-4-10(2)9-18-13-8-12(17-3)6-5-11(13)7-14(15)16/h4-6,8H,7,9H2,1-3H3,(H,15,16)/b10-4+. The summed E-state index contributed by atoms with van der Waals surface area (Å²) in [6.45, 7) is 4.33. The van der Waals surface area contributed by atoms with Crippen molar-refractivity contribution in [2.45, 2.75) is 20.3 Å². The van der Waals surface area contributed by atoms with Crippen molar-refractivity contribution >= 4 is 5.97 Å². The quantitative estimate of drug-likeness (QED) is 0.789. The number of aliphatic carboxylic acids is 1. The third kappa shape index (κ3) is 4.13. The first-order valence-electron chi connectivity index (χ1n) is 5.70. The first-order chi connectivity index (χ1) is 8.56. The molecular weight excluding hydrogens is 232 g/mol. The van der Waals surface area contributed by atoms with Crippen molar-refractivity contribution in [1.29, 1.82) is 0 Å². The van der Waals surface area contributed by atoms with Crippen molar-refractivity contribution in [2.24, 2.45) is 0 Å². The van der Waals surface area contributed by atoms with Gasteiger partial charge in [0.15, 0.2) is 0 Å². The van der Waals surface area contributed by atoms with E-state index in [2.05, 4.69) is 0 Å². The maximum Gasteiger partial charge on any atom is 0.307 e. The smallest absolute Gasteiger partial charge is 0.307 e. The fourth-order valence-corrected chi connectivity index (χ4v) is 1.38. The lowest BCUT2D eigenvalue weighted by Gasteiger charge is -2.12. The predicted molar refractivity (Wildman–Crippen MR) is 69.3 cm³/mol. The molecular formula is C14H18O4. The summed E-state index contributed by atoms with van der Waals surface area (Å²) in [7, 11) is 1.56.